The number of carbonyl (C=O) groups excluding carboxylic acids is 1. The van der Waals surface area contributed by atoms with E-state index < -0.39 is 0 Å². The number of fused-ring (bicyclic) bond motifs is 2. The quantitative estimate of drug-likeness (QED) is 0.224. The summed E-state index contributed by atoms with van der Waals surface area (Å²) < 4.78 is 9.41. The summed E-state index contributed by atoms with van der Waals surface area (Å²) in [5, 5.41) is 0. The van der Waals surface area contributed by atoms with Gasteiger partial charge >= 0.3 is 5.97 Å². The molecule has 3 unspecified atom stereocenters. The van der Waals surface area contributed by atoms with E-state index in [0.29, 0.717) is 43.3 Å². The van der Waals surface area contributed by atoms with Crippen LogP contribution in [0.4, 0.5) is 0 Å². The van der Waals surface area contributed by atoms with Crippen molar-refractivity contribution >= 4 is 5.97 Å². The molecule has 42 heavy (non-hydrogen) atoms. The summed E-state index contributed by atoms with van der Waals surface area (Å²) in [5.74, 6) is -0.169. The lowest BCUT2D eigenvalue weighted by atomic mass is 9.36. The Bertz CT molecular complexity index is 934. The number of methoxy groups -OCH3 is 2. The monoisotopic (exact) mass is 593 g/mol. The molecule has 3 aliphatic carbocycles. The number of hydrogen-bond donors (Lipinski definition) is 0. The molecule has 0 spiro atoms. The number of rotatable bonds is 1. The van der Waals surface area contributed by atoms with Crippen molar-refractivity contribution in [3.63, 3.8) is 0 Å². The normalized spacial score (nSPS) is 32.7. The maximum Gasteiger partial charge on any atom is 0.310 e. The zero-order valence-corrected chi connectivity index (χ0v) is 32.7. The van der Waals surface area contributed by atoms with E-state index in [4.69, 9.17) is 4.74 Å². The van der Waals surface area contributed by atoms with Gasteiger partial charge in [0.1, 0.15) is 0 Å². The minimum atomic E-state index is -0.352. The van der Waals surface area contributed by atoms with Crippen molar-refractivity contribution in [2.75, 3.05) is 14.2 Å². The maximum atomic E-state index is 10.6. The molecule has 0 aromatic heterocycles. The van der Waals surface area contributed by atoms with Crippen molar-refractivity contribution in [2.45, 2.75) is 170 Å². The van der Waals surface area contributed by atoms with Gasteiger partial charge in [-0.05, 0) is 111 Å². The van der Waals surface area contributed by atoms with Gasteiger partial charge in [-0.25, -0.2) is 0 Å². The van der Waals surface area contributed by atoms with Gasteiger partial charge in [-0.2, -0.15) is 0 Å². The van der Waals surface area contributed by atoms with Gasteiger partial charge in [-0.3, -0.25) is 4.79 Å². The largest absolute Gasteiger partial charge is 0.469 e. The van der Waals surface area contributed by atoms with Gasteiger partial charge in [0.05, 0.1) is 18.1 Å². The zero-order chi connectivity index (χ0) is 34.2. The highest BCUT2D eigenvalue weighted by Gasteiger charge is 2.89. The Morgan fingerprint density at radius 2 is 1.10 bits per heavy atom. The summed E-state index contributed by atoms with van der Waals surface area (Å²) in [7, 11) is 3.10. The van der Waals surface area contributed by atoms with Crippen LogP contribution in [0, 0.1) is 48.7 Å². The first-order valence-electron chi connectivity index (χ1n) is 16.6. The molecule has 0 aromatic carbocycles. The minimum Gasteiger partial charge on any atom is -0.469 e. The number of hydrogen-bond acceptors (Lipinski definition) is 3. The molecule has 3 aliphatic rings. The fourth-order valence-electron chi connectivity index (χ4n) is 9.69. The average molecular weight is 593 g/mol. The van der Waals surface area contributed by atoms with E-state index in [1.807, 2.05) is 41.5 Å². The van der Waals surface area contributed by atoms with Crippen LogP contribution in [0.1, 0.15) is 164 Å². The van der Waals surface area contributed by atoms with Crippen LogP contribution in [0.2, 0.25) is 0 Å². The molecule has 0 amide bonds. The number of ether oxygens (including phenoxy) is 2. The Balaban J connectivity index is 0.000000629. The first-order valence-corrected chi connectivity index (χ1v) is 16.6. The summed E-state index contributed by atoms with van der Waals surface area (Å²) in [6, 6.07) is 0. The topological polar surface area (TPSA) is 35.5 Å². The molecule has 0 aromatic rings. The molecule has 0 aliphatic heterocycles. The summed E-state index contributed by atoms with van der Waals surface area (Å²) in [4.78, 5) is 10.6. The van der Waals surface area contributed by atoms with Gasteiger partial charge in [0.25, 0.3) is 0 Å². The van der Waals surface area contributed by atoms with E-state index in [-0.39, 0.29) is 17.0 Å². The van der Waals surface area contributed by atoms with Gasteiger partial charge in [-0.1, -0.05) is 109 Å². The van der Waals surface area contributed by atoms with Crippen LogP contribution in [-0.2, 0) is 14.3 Å². The van der Waals surface area contributed by atoms with E-state index in [1.165, 1.54) is 32.8 Å². The summed E-state index contributed by atoms with van der Waals surface area (Å²) in [6.45, 7) is 46.7. The van der Waals surface area contributed by atoms with Gasteiger partial charge in [-0.15, -0.1) is 0 Å². The molecule has 0 heterocycles. The minimum absolute atomic E-state index is 0.0417. The van der Waals surface area contributed by atoms with E-state index in [1.54, 1.807) is 7.11 Å². The summed E-state index contributed by atoms with van der Waals surface area (Å²) in [6.07, 6.45) is 9.94. The fourth-order valence-corrected chi connectivity index (χ4v) is 9.69. The molecule has 2 bridgehead atoms. The van der Waals surface area contributed by atoms with Crippen LogP contribution in [0.5, 0.6) is 0 Å². The Kier molecular flexibility index (Phi) is 12.3. The highest BCUT2D eigenvalue weighted by atomic mass is 16.5. The van der Waals surface area contributed by atoms with Crippen LogP contribution in [-0.4, -0.2) is 25.8 Å². The maximum absolute atomic E-state index is 10.6. The number of allylic oxidation sites excluding steroid dienone is 2. The van der Waals surface area contributed by atoms with Crippen LogP contribution in [0.25, 0.3) is 0 Å². The molecular formula is C39H76O3. The van der Waals surface area contributed by atoms with Crippen molar-refractivity contribution in [2.24, 2.45) is 48.7 Å². The molecule has 3 atom stereocenters. The highest BCUT2D eigenvalue weighted by Crippen LogP contribution is 2.94. The second-order valence-corrected chi connectivity index (χ2v) is 18.8. The molecule has 0 saturated heterocycles. The molecular weight excluding hydrogens is 516 g/mol. The smallest absolute Gasteiger partial charge is 0.310 e. The fraction of sp³-hybridized carbons (Fsp3) is 0.923. The Labute approximate surface area is 264 Å². The molecule has 250 valence electrons. The van der Waals surface area contributed by atoms with E-state index in [2.05, 4.69) is 114 Å². The third-order valence-corrected chi connectivity index (χ3v) is 14.2. The lowest BCUT2D eigenvalue weighted by molar-refractivity contribution is -0.202. The Morgan fingerprint density at radius 3 is 1.29 bits per heavy atom. The van der Waals surface area contributed by atoms with E-state index in [0.717, 1.165) is 0 Å². The predicted molar refractivity (Wildman–Crippen MR) is 185 cm³/mol. The molecule has 3 rings (SSSR count). The number of carbonyl (C=O) groups is 1. The van der Waals surface area contributed by atoms with Gasteiger partial charge < -0.3 is 9.47 Å². The van der Waals surface area contributed by atoms with Crippen LogP contribution < -0.4 is 0 Å². The lowest BCUT2D eigenvalue weighted by Gasteiger charge is -2.68. The predicted octanol–water partition coefficient (Wildman–Crippen LogP) is 11.9. The average Bonchev–Trinajstić information content (AvgIpc) is 2.96. The molecule has 3 nitrogen and oxygen atoms in total. The van der Waals surface area contributed by atoms with Gasteiger partial charge in [0.2, 0.25) is 0 Å². The van der Waals surface area contributed by atoms with Crippen LogP contribution in [0.3, 0.4) is 0 Å². The Hall–Kier alpha value is -0.830. The van der Waals surface area contributed by atoms with Gasteiger partial charge in [0.15, 0.2) is 0 Å². The highest BCUT2D eigenvalue weighted by molar-refractivity contribution is 5.75. The summed E-state index contributed by atoms with van der Waals surface area (Å²) in [5.41, 5.74) is 2.56. The summed E-state index contributed by atoms with van der Waals surface area (Å²) >= 11 is 0. The van der Waals surface area contributed by atoms with E-state index in [9.17, 15) is 4.79 Å². The van der Waals surface area contributed by atoms with Crippen molar-refractivity contribution in [1.29, 1.82) is 0 Å². The van der Waals surface area contributed by atoms with Gasteiger partial charge in [0, 0.05) is 7.11 Å². The van der Waals surface area contributed by atoms with Crippen molar-refractivity contribution < 1.29 is 14.3 Å². The molecule has 2 saturated carbocycles. The Morgan fingerprint density at radius 1 is 0.690 bits per heavy atom. The van der Waals surface area contributed by atoms with Crippen molar-refractivity contribution in [1.82, 2.24) is 0 Å². The molecule has 0 radical (unpaired) electrons. The molecule has 0 N–H and O–H groups in total. The second-order valence-electron chi connectivity index (χ2n) is 18.8. The number of esters is 1. The van der Waals surface area contributed by atoms with Crippen molar-refractivity contribution in [3.8, 4) is 0 Å². The first-order chi connectivity index (χ1) is 18.3. The molecule has 3 heteroatoms. The standard InChI is InChI=1S/C20H38.C8H14.C6H12O2.C5H12O/c1-13-18(10)16(6,7)19(11)14(2,3)15(4,5)20(18,12)17(19,8)9;1-8(2)6-4-3-5-7-8;1-6(2,3)5(7)8-4;1-5(2,3)6-4/h13H2,1-12H3;4,6H,3,5,7H2,1-2H3;1-4H3;1-4H3. The van der Waals surface area contributed by atoms with Crippen molar-refractivity contribution in [3.05, 3.63) is 12.2 Å². The van der Waals surface area contributed by atoms with E-state index >= 15 is 0 Å². The second kappa shape index (κ2) is 12.5. The van der Waals surface area contributed by atoms with Crippen LogP contribution in [0.15, 0.2) is 12.2 Å². The zero-order valence-electron chi connectivity index (χ0n) is 32.7. The SMILES string of the molecule is CC1(C)C=CCCC1.CCC1(C)C(C)(C)C2(C)C(C)(C)C(C)(C)C1(C)C2(C)C.COC(=O)C(C)(C)C.COC(C)(C)C. The molecule has 2 fully saturated rings. The first kappa shape index (κ1) is 41.2. The van der Waals surface area contributed by atoms with Crippen LogP contribution >= 0.6 is 0 Å². The third-order valence-electron chi connectivity index (χ3n) is 14.2. The lowest BCUT2D eigenvalue weighted by Crippen LogP contribution is -2.62. The third kappa shape index (κ3) is 6.30.